The monoisotopic (exact) mass is 346 g/mol. The minimum Gasteiger partial charge on any atom is -0.254 e. The van der Waals surface area contributed by atoms with Crippen LogP contribution in [0.4, 0.5) is 4.39 Å². The van der Waals surface area contributed by atoms with Crippen LogP contribution in [0.1, 0.15) is 38.6 Å². The summed E-state index contributed by atoms with van der Waals surface area (Å²) in [6, 6.07) is 6.86. The van der Waals surface area contributed by atoms with E-state index in [4.69, 9.17) is 0 Å². The van der Waals surface area contributed by atoms with Crippen molar-refractivity contribution in [2.24, 2.45) is 5.92 Å². The summed E-state index contributed by atoms with van der Waals surface area (Å²) in [6.45, 7) is 4.44. The Kier molecular flexibility index (Phi) is 4.03. The van der Waals surface area contributed by atoms with Crippen LogP contribution in [-0.4, -0.2) is 25.9 Å². The molecule has 24 heavy (non-hydrogen) atoms. The molecular formula is C16H19FN6S. The number of hydrogen-bond acceptors (Lipinski definition) is 6. The summed E-state index contributed by atoms with van der Waals surface area (Å²) in [5, 5.41) is 14.0. The zero-order chi connectivity index (χ0) is 16.7. The summed E-state index contributed by atoms with van der Waals surface area (Å²) in [6.07, 6.45) is 2.08. The minimum absolute atomic E-state index is 0.0897. The first-order valence-corrected chi connectivity index (χ1v) is 8.91. The van der Waals surface area contributed by atoms with E-state index >= 15 is 0 Å². The molecule has 0 saturated carbocycles. The molecule has 126 valence electrons. The van der Waals surface area contributed by atoms with Crippen molar-refractivity contribution >= 4 is 16.3 Å². The lowest BCUT2D eigenvalue weighted by Gasteiger charge is -2.11. The van der Waals surface area contributed by atoms with Gasteiger partial charge in [0, 0.05) is 11.6 Å². The Hall–Kier alpha value is -1.90. The molecule has 1 saturated heterocycles. The van der Waals surface area contributed by atoms with Gasteiger partial charge in [0.1, 0.15) is 10.8 Å². The van der Waals surface area contributed by atoms with Crippen LogP contribution in [-0.2, 0) is 0 Å². The molecule has 1 fully saturated rings. The molecule has 0 bridgehead atoms. The van der Waals surface area contributed by atoms with E-state index in [0.29, 0.717) is 12.0 Å². The van der Waals surface area contributed by atoms with E-state index in [2.05, 4.69) is 40.0 Å². The maximum Gasteiger partial charge on any atom is 0.235 e. The van der Waals surface area contributed by atoms with Crippen LogP contribution in [0.25, 0.3) is 15.5 Å². The number of nitrogens with one attached hydrogen (secondary N) is 2. The van der Waals surface area contributed by atoms with Crippen molar-refractivity contribution in [1.82, 2.24) is 30.7 Å². The van der Waals surface area contributed by atoms with Crippen LogP contribution >= 0.6 is 11.3 Å². The highest BCUT2D eigenvalue weighted by Gasteiger charge is 2.30. The topological polar surface area (TPSA) is 67.1 Å². The van der Waals surface area contributed by atoms with Crippen molar-refractivity contribution in [2.75, 3.05) is 0 Å². The van der Waals surface area contributed by atoms with Gasteiger partial charge in [0.05, 0.1) is 6.04 Å². The van der Waals surface area contributed by atoms with Gasteiger partial charge < -0.3 is 0 Å². The molecule has 3 aromatic rings. The fourth-order valence-corrected chi connectivity index (χ4v) is 3.93. The van der Waals surface area contributed by atoms with Crippen molar-refractivity contribution in [3.63, 3.8) is 0 Å². The smallest absolute Gasteiger partial charge is 0.235 e. The Morgan fingerprint density at radius 2 is 2.04 bits per heavy atom. The molecule has 0 amide bonds. The molecule has 0 radical (unpaired) electrons. The number of nitrogens with zero attached hydrogens (tertiary/aromatic N) is 4. The SMILES string of the molecule is CC(C)CC1CC(c2nnc3sc(-c4ccc(F)cc4)nn23)NN1. The molecule has 2 N–H and O–H groups in total. The summed E-state index contributed by atoms with van der Waals surface area (Å²) in [5.74, 6) is 1.21. The highest BCUT2D eigenvalue weighted by Crippen LogP contribution is 2.29. The van der Waals surface area contributed by atoms with Gasteiger partial charge >= 0.3 is 0 Å². The Bertz CT molecular complexity index is 840. The maximum absolute atomic E-state index is 13.1. The van der Waals surface area contributed by atoms with Gasteiger partial charge in [-0.25, -0.2) is 9.82 Å². The first-order chi connectivity index (χ1) is 11.6. The number of hydrogen-bond donors (Lipinski definition) is 2. The fourth-order valence-electron chi connectivity index (χ4n) is 3.07. The summed E-state index contributed by atoms with van der Waals surface area (Å²) in [4.78, 5) is 0.749. The molecule has 2 unspecified atom stereocenters. The molecule has 0 aliphatic carbocycles. The molecule has 3 heterocycles. The third kappa shape index (κ3) is 2.92. The third-order valence-electron chi connectivity index (χ3n) is 4.16. The second-order valence-electron chi connectivity index (χ2n) is 6.57. The van der Waals surface area contributed by atoms with E-state index in [1.165, 1.54) is 23.5 Å². The lowest BCUT2D eigenvalue weighted by Crippen LogP contribution is -2.32. The zero-order valence-corrected chi connectivity index (χ0v) is 14.3. The van der Waals surface area contributed by atoms with E-state index in [1.54, 1.807) is 16.6 Å². The van der Waals surface area contributed by atoms with Crippen molar-refractivity contribution in [3.8, 4) is 10.6 Å². The number of fused-ring (bicyclic) bond motifs is 1. The molecule has 2 aromatic heterocycles. The van der Waals surface area contributed by atoms with Gasteiger partial charge in [0.25, 0.3) is 0 Å². The third-order valence-corrected chi connectivity index (χ3v) is 5.10. The molecule has 1 aliphatic heterocycles. The number of aromatic nitrogens is 4. The fraction of sp³-hybridized carbons (Fsp3) is 0.438. The highest BCUT2D eigenvalue weighted by atomic mass is 32.1. The van der Waals surface area contributed by atoms with Crippen LogP contribution in [0.3, 0.4) is 0 Å². The van der Waals surface area contributed by atoms with E-state index in [-0.39, 0.29) is 11.9 Å². The Labute approximate surface area is 143 Å². The Morgan fingerprint density at radius 3 is 2.79 bits per heavy atom. The van der Waals surface area contributed by atoms with Crippen molar-refractivity contribution in [1.29, 1.82) is 0 Å². The van der Waals surface area contributed by atoms with Gasteiger partial charge in [0.15, 0.2) is 5.82 Å². The molecule has 1 aliphatic rings. The average molecular weight is 346 g/mol. The van der Waals surface area contributed by atoms with Crippen LogP contribution in [0.2, 0.25) is 0 Å². The lowest BCUT2D eigenvalue weighted by atomic mass is 10.00. The largest absolute Gasteiger partial charge is 0.254 e. The summed E-state index contributed by atoms with van der Waals surface area (Å²) in [7, 11) is 0. The average Bonchev–Trinajstić information content (AvgIpc) is 3.22. The first-order valence-electron chi connectivity index (χ1n) is 8.09. The van der Waals surface area contributed by atoms with Crippen molar-refractivity contribution in [2.45, 2.75) is 38.8 Å². The zero-order valence-electron chi connectivity index (χ0n) is 13.5. The number of hydrazine groups is 1. The summed E-state index contributed by atoms with van der Waals surface area (Å²) in [5.41, 5.74) is 7.53. The number of halogens is 1. The van der Waals surface area contributed by atoms with Crippen LogP contribution in [0, 0.1) is 11.7 Å². The molecule has 2 atom stereocenters. The molecule has 0 spiro atoms. The van der Waals surface area contributed by atoms with Gasteiger partial charge in [-0.05, 0) is 43.0 Å². The van der Waals surface area contributed by atoms with Gasteiger partial charge in [-0.3, -0.25) is 5.43 Å². The molecule has 4 rings (SSSR count). The summed E-state index contributed by atoms with van der Waals surface area (Å²) >= 11 is 1.45. The number of benzene rings is 1. The first kappa shape index (κ1) is 15.6. The predicted molar refractivity (Wildman–Crippen MR) is 90.9 cm³/mol. The predicted octanol–water partition coefficient (Wildman–Crippen LogP) is 2.95. The molecule has 1 aromatic carbocycles. The van der Waals surface area contributed by atoms with Crippen LogP contribution in [0.15, 0.2) is 24.3 Å². The van der Waals surface area contributed by atoms with Crippen molar-refractivity contribution in [3.05, 3.63) is 35.9 Å². The second kappa shape index (κ2) is 6.19. The van der Waals surface area contributed by atoms with E-state index in [1.807, 2.05) is 0 Å². The highest BCUT2D eigenvalue weighted by molar-refractivity contribution is 7.19. The molecule has 6 nitrogen and oxygen atoms in total. The maximum atomic E-state index is 13.1. The van der Waals surface area contributed by atoms with E-state index in [9.17, 15) is 4.39 Å². The van der Waals surface area contributed by atoms with Crippen LogP contribution < -0.4 is 10.9 Å². The van der Waals surface area contributed by atoms with E-state index in [0.717, 1.165) is 34.2 Å². The normalized spacial score (nSPS) is 21.2. The Balaban J connectivity index is 1.60. The van der Waals surface area contributed by atoms with Gasteiger partial charge in [-0.15, -0.1) is 10.2 Å². The Morgan fingerprint density at radius 1 is 1.25 bits per heavy atom. The molecule has 8 heteroatoms. The lowest BCUT2D eigenvalue weighted by molar-refractivity contribution is 0.446. The minimum atomic E-state index is -0.250. The van der Waals surface area contributed by atoms with Gasteiger partial charge in [-0.1, -0.05) is 25.2 Å². The summed E-state index contributed by atoms with van der Waals surface area (Å²) < 4.78 is 14.9. The molecular weight excluding hydrogens is 327 g/mol. The second-order valence-corrected chi connectivity index (χ2v) is 7.53. The van der Waals surface area contributed by atoms with Crippen molar-refractivity contribution < 1.29 is 4.39 Å². The van der Waals surface area contributed by atoms with Crippen LogP contribution in [0.5, 0.6) is 0 Å². The quantitative estimate of drug-likeness (QED) is 0.760. The van der Waals surface area contributed by atoms with Gasteiger partial charge in [-0.2, -0.15) is 9.61 Å². The van der Waals surface area contributed by atoms with E-state index < -0.39 is 0 Å². The van der Waals surface area contributed by atoms with Gasteiger partial charge in [0.2, 0.25) is 4.96 Å². The number of rotatable bonds is 4. The standard InChI is InChI=1S/C16H19FN6S/c1-9(2)7-12-8-13(19-18-12)14-20-21-16-23(14)22-15(24-16)10-3-5-11(17)6-4-10/h3-6,9,12-13,18-19H,7-8H2,1-2H3.